The molecule has 2 aromatic carbocycles. The highest BCUT2D eigenvalue weighted by atomic mass is 16.5. The molecule has 6 heteroatoms. The van der Waals surface area contributed by atoms with E-state index in [4.69, 9.17) is 9.47 Å². The monoisotopic (exact) mass is 370 g/mol. The lowest BCUT2D eigenvalue weighted by Crippen LogP contribution is -2.39. The highest BCUT2D eigenvalue weighted by Gasteiger charge is 2.14. The molecule has 0 aliphatic rings. The van der Waals surface area contributed by atoms with Crippen molar-refractivity contribution in [3.05, 3.63) is 54.1 Å². The first-order chi connectivity index (χ1) is 13.0. The first-order valence-corrected chi connectivity index (χ1v) is 8.93. The largest absolute Gasteiger partial charge is 0.497 e. The maximum Gasteiger partial charge on any atom is 0.243 e. The molecular formula is C21H26N2O4. The summed E-state index contributed by atoms with van der Waals surface area (Å²) in [5.41, 5.74) is 1.92. The van der Waals surface area contributed by atoms with Gasteiger partial charge in [0.15, 0.2) is 0 Å². The fourth-order valence-corrected chi connectivity index (χ4v) is 2.49. The number of nitrogens with zero attached hydrogens (tertiary/aromatic N) is 1. The first kappa shape index (κ1) is 20.3. The van der Waals surface area contributed by atoms with Crippen molar-refractivity contribution in [3.8, 4) is 11.5 Å². The van der Waals surface area contributed by atoms with Crippen LogP contribution < -0.4 is 14.8 Å². The van der Waals surface area contributed by atoms with Crippen LogP contribution in [0.3, 0.4) is 0 Å². The van der Waals surface area contributed by atoms with Crippen LogP contribution in [0.2, 0.25) is 0 Å². The van der Waals surface area contributed by atoms with Crippen molar-refractivity contribution in [1.29, 1.82) is 0 Å². The SMILES string of the molecule is CCc1ccc(NC(=O)CN(CCOc2ccc(OC)cc2)C(C)=O)cc1. The molecule has 0 aliphatic heterocycles. The molecule has 0 saturated heterocycles. The number of benzene rings is 2. The Morgan fingerprint density at radius 3 is 2.19 bits per heavy atom. The lowest BCUT2D eigenvalue weighted by atomic mass is 10.1. The third-order valence-electron chi connectivity index (χ3n) is 4.12. The summed E-state index contributed by atoms with van der Waals surface area (Å²) in [7, 11) is 1.60. The lowest BCUT2D eigenvalue weighted by molar-refractivity contribution is -0.133. The van der Waals surface area contributed by atoms with Crippen molar-refractivity contribution in [3.63, 3.8) is 0 Å². The Hall–Kier alpha value is -3.02. The third kappa shape index (κ3) is 6.66. The van der Waals surface area contributed by atoms with E-state index in [1.165, 1.54) is 17.4 Å². The van der Waals surface area contributed by atoms with E-state index in [1.54, 1.807) is 31.4 Å². The van der Waals surface area contributed by atoms with Crippen molar-refractivity contribution in [2.75, 3.05) is 32.1 Å². The zero-order valence-corrected chi connectivity index (χ0v) is 16.0. The Morgan fingerprint density at radius 1 is 1.00 bits per heavy atom. The fourth-order valence-electron chi connectivity index (χ4n) is 2.49. The zero-order chi connectivity index (χ0) is 19.6. The van der Waals surface area contributed by atoms with Crippen LogP contribution in [0.5, 0.6) is 11.5 Å². The van der Waals surface area contributed by atoms with E-state index in [0.29, 0.717) is 18.9 Å². The van der Waals surface area contributed by atoms with Crippen LogP contribution in [0, 0.1) is 0 Å². The summed E-state index contributed by atoms with van der Waals surface area (Å²) in [6, 6.07) is 14.9. The molecule has 0 saturated carbocycles. The van der Waals surface area contributed by atoms with Crippen LogP contribution in [-0.4, -0.2) is 43.5 Å². The molecule has 2 rings (SSSR count). The number of rotatable bonds is 9. The summed E-state index contributed by atoms with van der Waals surface area (Å²) in [5, 5.41) is 2.81. The maximum absolute atomic E-state index is 12.2. The van der Waals surface area contributed by atoms with Gasteiger partial charge in [0.25, 0.3) is 0 Å². The van der Waals surface area contributed by atoms with Crippen molar-refractivity contribution >= 4 is 17.5 Å². The minimum atomic E-state index is -0.237. The van der Waals surface area contributed by atoms with Crippen LogP contribution in [0.25, 0.3) is 0 Å². The van der Waals surface area contributed by atoms with Crippen molar-refractivity contribution in [2.45, 2.75) is 20.3 Å². The van der Waals surface area contributed by atoms with E-state index in [2.05, 4.69) is 12.2 Å². The predicted octanol–water partition coefficient (Wildman–Crippen LogP) is 3.12. The molecule has 0 radical (unpaired) electrons. The van der Waals surface area contributed by atoms with Gasteiger partial charge in [0, 0.05) is 12.6 Å². The topological polar surface area (TPSA) is 67.9 Å². The Kier molecular flexibility index (Phi) is 7.67. The van der Waals surface area contributed by atoms with E-state index < -0.39 is 0 Å². The van der Waals surface area contributed by atoms with Gasteiger partial charge in [0.1, 0.15) is 18.1 Å². The number of hydrogen-bond acceptors (Lipinski definition) is 4. The number of carbonyl (C=O) groups is 2. The van der Waals surface area contributed by atoms with E-state index in [-0.39, 0.29) is 18.4 Å². The van der Waals surface area contributed by atoms with Crippen LogP contribution in [-0.2, 0) is 16.0 Å². The number of aryl methyl sites for hydroxylation is 1. The first-order valence-electron chi connectivity index (χ1n) is 8.93. The lowest BCUT2D eigenvalue weighted by Gasteiger charge is -2.20. The van der Waals surface area contributed by atoms with Gasteiger partial charge in [-0.15, -0.1) is 0 Å². The number of anilines is 1. The highest BCUT2D eigenvalue weighted by molar-refractivity contribution is 5.94. The smallest absolute Gasteiger partial charge is 0.243 e. The normalized spacial score (nSPS) is 10.2. The fraction of sp³-hybridized carbons (Fsp3) is 0.333. The molecule has 2 aromatic rings. The summed E-state index contributed by atoms with van der Waals surface area (Å²) < 4.78 is 10.7. The van der Waals surface area contributed by atoms with Gasteiger partial charge in [-0.3, -0.25) is 9.59 Å². The highest BCUT2D eigenvalue weighted by Crippen LogP contribution is 2.17. The molecule has 0 aromatic heterocycles. The second-order valence-corrected chi connectivity index (χ2v) is 6.06. The third-order valence-corrected chi connectivity index (χ3v) is 4.12. The molecule has 0 bridgehead atoms. The van der Waals surface area contributed by atoms with Crippen LogP contribution in [0.15, 0.2) is 48.5 Å². The number of amides is 2. The van der Waals surface area contributed by atoms with Gasteiger partial charge in [-0.1, -0.05) is 19.1 Å². The van der Waals surface area contributed by atoms with E-state index in [9.17, 15) is 9.59 Å². The Bertz CT molecular complexity index is 742. The summed E-state index contributed by atoms with van der Waals surface area (Å²) in [4.78, 5) is 25.5. The maximum atomic E-state index is 12.2. The quantitative estimate of drug-likeness (QED) is 0.736. The number of methoxy groups -OCH3 is 1. The Balaban J connectivity index is 1.82. The summed E-state index contributed by atoms with van der Waals surface area (Å²) >= 11 is 0. The van der Waals surface area contributed by atoms with Crippen molar-refractivity contribution < 1.29 is 19.1 Å². The molecular weight excluding hydrogens is 344 g/mol. The zero-order valence-electron chi connectivity index (χ0n) is 16.0. The molecule has 6 nitrogen and oxygen atoms in total. The average molecular weight is 370 g/mol. The van der Waals surface area contributed by atoms with Crippen LogP contribution >= 0.6 is 0 Å². The predicted molar refractivity (Wildman–Crippen MR) is 105 cm³/mol. The molecule has 0 heterocycles. The summed E-state index contributed by atoms with van der Waals surface area (Å²) in [6.45, 7) is 4.12. The molecule has 144 valence electrons. The van der Waals surface area contributed by atoms with Gasteiger partial charge in [-0.25, -0.2) is 0 Å². The Labute approximate surface area is 160 Å². The van der Waals surface area contributed by atoms with Crippen LogP contribution in [0.4, 0.5) is 5.69 Å². The van der Waals surface area contributed by atoms with E-state index in [1.807, 2.05) is 24.3 Å². The van der Waals surface area contributed by atoms with Gasteiger partial charge < -0.3 is 19.7 Å². The number of nitrogens with one attached hydrogen (secondary N) is 1. The molecule has 0 fully saturated rings. The van der Waals surface area contributed by atoms with Gasteiger partial charge in [-0.05, 0) is 48.4 Å². The molecule has 27 heavy (non-hydrogen) atoms. The minimum Gasteiger partial charge on any atom is -0.497 e. The van der Waals surface area contributed by atoms with Gasteiger partial charge in [0.05, 0.1) is 20.2 Å². The standard InChI is InChI=1S/C21H26N2O4/c1-4-17-5-7-18(8-6-17)22-21(25)15-23(16(2)24)13-14-27-20-11-9-19(26-3)10-12-20/h5-12H,4,13-15H2,1-3H3,(H,22,25). The molecule has 0 unspecified atom stereocenters. The second kappa shape index (κ2) is 10.2. The Morgan fingerprint density at radius 2 is 1.63 bits per heavy atom. The molecule has 0 atom stereocenters. The van der Waals surface area contributed by atoms with E-state index >= 15 is 0 Å². The number of ether oxygens (including phenoxy) is 2. The van der Waals surface area contributed by atoms with Gasteiger partial charge >= 0.3 is 0 Å². The molecule has 0 aliphatic carbocycles. The van der Waals surface area contributed by atoms with Crippen molar-refractivity contribution in [2.24, 2.45) is 0 Å². The average Bonchev–Trinajstić information content (AvgIpc) is 2.68. The van der Waals surface area contributed by atoms with E-state index in [0.717, 1.165) is 17.9 Å². The van der Waals surface area contributed by atoms with Gasteiger partial charge in [0.2, 0.25) is 11.8 Å². The molecule has 2 amide bonds. The second-order valence-electron chi connectivity index (χ2n) is 6.06. The minimum absolute atomic E-state index is 0.0170. The number of carbonyl (C=O) groups excluding carboxylic acids is 2. The molecule has 1 N–H and O–H groups in total. The summed E-state index contributed by atoms with van der Waals surface area (Å²) in [5.74, 6) is 1.01. The van der Waals surface area contributed by atoms with Gasteiger partial charge in [-0.2, -0.15) is 0 Å². The molecule has 0 spiro atoms. The number of hydrogen-bond donors (Lipinski definition) is 1. The van der Waals surface area contributed by atoms with Crippen molar-refractivity contribution in [1.82, 2.24) is 4.90 Å². The summed E-state index contributed by atoms with van der Waals surface area (Å²) in [6.07, 6.45) is 0.945. The van der Waals surface area contributed by atoms with Crippen LogP contribution in [0.1, 0.15) is 19.4 Å².